The van der Waals surface area contributed by atoms with Gasteiger partial charge in [-0.2, -0.15) is 0 Å². The fourth-order valence-electron chi connectivity index (χ4n) is 3.84. The molecule has 0 spiro atoms. The van der Waals surface area contributed by atoms with Crippen molar-refractivity contribution in [3.05, 3.63) is 35.9 Å². The van der Waals surface area contributed by atoms with Crippen LogP contribution in [-0.2, 0) is 4.74 Å². The molecule has 1 N–H and O–H groups in total. The molecule has 3 rings (SSSR count). The van der Waals surface area contributed by atoms with Crippen molar-refractivity contribution in [2.24, 2.45) is 5.92 Å². The summed E-state index contributed by atoms with van der Waals surface area (Å²) < 4.78 is 5.71. The molecule has 1 aromatic carbocycles. The number of rotatable bonds is 5. The Kier molecular flexibility index (Phi) is 5.28. The van der Waals surface area contributed by atoms with Crippen molar-refractivity contribution in [3.63, 3.8) is 0 Å². The number of likely N-dealkylation sites (tertiary alicyclic amines) is 1. The molecule has 2 aliphatic heterocycles. The van der Waals surface area contributed by atoms with Crippen molar-refractivity contribution in [2.45, 2.75) is 31.7 Å². The monoisotopic (exact) mass is 288 g/mol. The summed E-state index contributed by atoms with van der Waals surface area (Å²) in [5.74, 6) is 1.36. The number of ether oxygens (including phenoxy) is 1. The number of nitrogens with zero attached hydrogens (tertiary/aromatic N) is 1. The van der Waals surface area contributed by atoms with Gasteiger partial charge in [0.25, 0.3) is 0 Å². The minimum atomic E-state index is 0.638. The van der Waals surface area contributed by atoms with Crippen molar-refractivity contribution in [1.82, 2.24) is 10.2 Å². The highest BCUT2D eigenvalue weighted by atomic mass is 16.5. The fraction of sp³-hybridized carbons (Fsp3) is 0.667. The SMILES string of the molecule is CCNC1CCOCC1CN1CCC(c2ccccc2)C1. The average molecular weight is 288 g/mol. The van der Waals surface area contributed by atoms with Crippen molar-refractivity contribution < 1.29 is 4.74 Å². The standard InChI is InChI=1S/C18H28N2O/c1-2-19-18-9-11-21-14-17(18)13-20-10-8-16(12-20)15-6-4-3-5-7-15/h3-7,16-19H,2,8-14H2,1H3. The van der Waals surface area contributed by atoms with E-state index in [9.17, 15) is 0 Å². The molecule has 1 aromatic rings. The molecule has 3 unspecified atom stereocenters. The van der Waals surface area contributed by atoms with Crippen molar-refractivity contribution in [3.8, 4) is 0 Å². The summed E-state index contributed by atoms with van der Waals surface area (Å²) in [5, 5.41) is 3.64. The summed E-state index contributed by atoms with van der Waals surface area (Å²) in [6.07, 6.45) is 2.46. The molecule has 0 radical (unpaired) electrons. The van der Waals surface area contributed by atoms with Gasteiger partial charge in [0.1, 0.15) is 0 Å². The zero-order chi connectivity index (χ0) is 14.5. The molecule has 21 heavy (non-hydrogen) atoms. The summed E-state index contributed by atoms with van der Waals surface area (Å²) >= 11 is 0. The third kappa shape index (κ3) is 3.85. The third-order valence-corrected chi connectivity index (χ3v) is 4.98. The molecule has 2 aliphatic rings. The van der Waals surface area contributed by atoms with Gasteiger partial charge in [0.2, 0.25) is 0 Å². The summed E-state index contributed by atoms with van der Waals surface area (Å²) in [7, 11) is 0. The van der Waals surface area contributed by atoms with Crippen LogP contribution in [0.5, 0.6) is 0 Å². The molecule has 2 heterocycles. The molecule has 0 amide bonds. The molecule has 0 aromatic heterocycles. The first-order valence-electron chi connectivity index (χ1n) is 8.45. The number of hydrogen-bond donors (Lipinski definition) is 1. The van der Waals surface area contributed by atoms with E-state index in [1.54, 1.807) is 0 Å². The predicted octanol–water partition coefficient (Wildman–Crippen LogP) is 2.49. The van der Waals surface area contributed by atoms with E-state index in [0.717, 1.165) is 26.2 Å². The highest BCUT2D eigenvalue weighted by Crippen LogP contribution is 2.28. The Balaban J connectivity index is 1.54. The van der Waals surface area contributed by atoms with Crippen molar-refractivity contribution in [2.75, 3.05) is 39.4 Å². The zero-order valence-electron chi connectivity index (χ0n) is 13.1. The van der Waals surface area contributed by atoms with E-state index < -0.39 is 0 Å². The molecule has 2 saturated heterocycles. The van der Waals surface area contributed by atoms with Gasteiger partial charge in [-0.05, 0) is 37.4 Å². The van der Waals surface area contributed by atoms with Gasteiger partial charge in [-0.25, -0.2) is 0 Å². The first kappa shape index (κ1) is 15.0. The lowest BCUT2D eigenvalue weighted by Gasteiger charge is -2.34. The molecule has 0 bridgehead atoms. The van der Waals surface area contributed by atoms with Gasteiger partial charge in [0.05, 0.1) is 6.61 Å². The van der Waals surface area contributed by atoms with Crippen LogP contribution < -0.4 is 5.32 Å². The Morgan fingerprint density at radius 1 is 1.24 bits per heavy atom. The highest BCUT2D eigenvalue weighted by molar-refractivity contribution is 5.21. The van der Waals surface area contributed by atoms with E-state index in [0.29, 0.717) is 17.9 Å². The van der Waals surface area contributed by atoms with Gasteiger partial charge in [-0.15, -0.1) is 0 Å². The lowest BCUT2D eigenvalue weighted by molar-refractivity contribution is 0.0198. The third-order valence-electron chi connectivity index (χ3n) is 4.98. The Morgan fingerprint density at radius 3 is 2.90 bits per heavy atom. The van der Waals surface area contributed by atoms with Crippen LogP contribution in [0.1, 0.15) is 31.2 Å². The second kappa shape index (κ2) is 7.39. The van der Waals surface area contributed by atoms with Crippen LogP contribution in [0.3, 0.4) is 0 Å². The second-order valence-electron chi connectivity index (χ2n) is 6.44. The molecule has 3 heteroatoms. The first-order chi connectivity index (χ1) is 10.4. The highest BCUT2D eigenvalue weighted by Gasteiger charge is 2.30. The maximum absolute atomic E-state index is 5.71. The van der Waals surface area contributed by atoms with E-state index in [1.807, 2.05) is 0 Å². The van der Waals surface area contributed by atoms with E-state index in [4.69, 9.17) is 4.74 Å². The minimum absolute atomic E-state index is 0.638. The van der Waals surface area contributed by atoms with Crippen LogP contribution in [0.2, 0.25) is 0 Å². The largest absolute Gasteiger partial charge is 0.381 e. The van der Waals surface area contributed by atoms with Crippen LogP contribution >= 0.6 is 0 Å². The van der Waals surface area contributed by atoms with E-state index in [2.05, 4.69) is 47.5 Å². The number of nitrogens with one attached hydrogen (secondary N) is 1. The average Bonchev–Trinajstić information content (AvgIpc) is 2.99. The van der Waals surface area contributed by atoms with Gasteiger partial charge >= 0.3 is 0 Å². The molecule has 0 saturated carbocycles. The molecular formula is C18H28N2O. The quantitative estimate of drug-likeness (QED) is 0.901. The van der Waals surface area contributed by atoms with Crippen LogP contribution in [0.25, 0.3) is 0 Å². The fourth-order valence-corrected chi connectivity index (χ4v) is 3.84. The van der Waals surface area contributed by atoms with Crippen molar-refractivity contribution in [1.29, 1.82) is 0 Å². The summed E-state index contributed by atoms with van der Waals surface area (Å²) in [6, 6.07) is 11.6. The molecule has 0 aliphatic carbocycles. The molecule has 116 valence electrons. The van der Waals surface area contributed by atoms with Crippen molar-refractivity contribution >= 4 is 0 Å². The Bertz CT molecular complexity index is 420. The zero-order valence-corrected chi connectivity index (χ0v) is 13.1. The first-order valence-corrected chi connectivity index (χ1v) is 8.45. The van der Waals surface area contributed by atoms with Gasteiger partial charge in [0, 0.05) is 31.7 Å². The summed E-state index contributed by atoms with van der Waals surface area (Å²) in [5.41, 5.74) is 1.50. The lowest BCUT2D eigenvalue weighted by atomic mass is 9.95. The maximum atomic E-state index is 5.71. The van der Waals surface area contributed by atoms with Gasteiger partial charge in [0.15, 0.2) is 0 Å². The molecule has 2 fully saturated rings. The van der Waals surface area contributed by atoms with Crippen LogP contribution in [0, 0.1) is 5.92 Å². The van der Waals surface area contributed by atoms with E-state index in [-0.39, 0.29) is 0 Å². The minimum Gasteiger partial charge on any atom is -0.381 e. The normalized spacial score (nSPS) is 30.6. The number of hydrogen-bond acceptors (Lipinski definition) is 3. The summed E-state index contributed by atoms with van der Waals surface area (Å²) in [6.45, 7) is 8.72. The smallest absolute Gasteiger partial charge is 0.0521 e. The van der Waals surface area contributed by atoms with Crippen LogP contribution in [0.15, 0.2) is 30.3 Å². The predicted molar refractivity (Wildman–Crippen MR) is 86.6 cm³/mol. The lowest BCUT2D eigenvalue weighted by Crippen LogP contribution is -2.47. The van der Waals surface area contributed by atoms with E-state index in [1.165, 1.54) is 31.6 Å². The van der Waals surface area contributed by atoms with Crippen LogP contribution in [0.4, 0.5) is 0 Å². The molecule has 3 nitrogen and oxygen atoms in total. The van der Waals surface area contributed by atoms with Gasteiger partial charge in [-0.1, -0.05) is 37.3 Å². The summed E-state index contributed by atoms with van der Waals surface area (Å²) in [4.78, 5) is 2.64. The van der Waals surface area contributed by atoms with Gasteiger partial charge < -0.3 is 15.0 Å². The van der Waals surface area contributed by atoms with Crippen LogP contribution in [-0.4, -0.2) is 50.3 Å². The Morgan fingerprint density at radius 2 is 2.10 bits per heavy atom. The van der Waals surface area contributed by atoms with E-state index >= 15 is 0 Å². The maximum Gasteiger partial charge on any atom is 0.0521 e. The number of benzene rings is 1. The van der Waals surface area contributed by atoms with Gasteiger partial charge in [-0.3, -0.25) is 0 Å². The topological polar surface area (TPSA) is 24.5 Å². The Hall–Kier alpha value is -0.900. The molecular weight excluding hydrogens is 260 g/mol. The Labute approximate surface area is 128 Å². The molecule has 3 atom stereocenters. The second-order valence-corrected chi connectivity index (χ2v) is 6.44.